The van der Waals surface area contributed by atoms with Crippen LogP contribution in [-0.4, -0.2) is 7.11 Å². The first-order valence-corrected chi connectivity index (χ1v) is 4.98. The lowest BCUT2D eigenvalue weighted by atomic mass is 10.0. The summed E-state index contributed by atoms with van der Waals surface area (Å²) in [7, 11) is 1.61. The highest BCUT2D eigenvalue weighted by molar-refractivity contribution is 5.90. The number of rotatable bonds is 2. The first-order valence-electron chi connectivity index (χ1n) is 4.98. The van der Waals surface area contributed by atoms with Gasteiger partial charge in [-0.05, 0) is 29.0 Å². The van der Waals surface area contributed by atoms with Gasteiger partial charge < -0.3 is 10.5 Å². The number of ether oxygens (including phenoxy) is 1. The Morgan fingerprint density at radius 1 is 1.31 bits per heavy atom. The standard InChI is InChI=1S/C13H12N2O/c1-16-13-5-2-9-8-10(15)3-4-11(9)12(13)6-7-14/h2-5,8H,6,15H2,1H3. The second-order valence-electron chi connectivity index (χ2n) is 3.56. The fraction of sp³-hybridized carbons (Fsp3) is 0.154. The van der Waals surface area contributed by atoms with Gasteiger partial charge in [0.2, 0.25) is 0 Å². The molecule has 0 radical (unpaired) electrons. The minimum Gasteiger partial charge on any atom is -0.496 e. The highest BCUT2D eigenvalue weighted by Gasteiger charge is 2.07. The zero-order chi connectivity index (χ0) is 11.5. The van der Waals surface area contributed by atoms with Crippen LogP contribution < -0.4 is 10.5 Å². The van der Waals surface area contributed by atoms with Crippen LogP contribution in [0.3, 0.4) is 0 Å². The molecule has 0 aliphatic heterocycles. The van der Waals surface area contributed by atoms with Gasteiger partial charge in [0.15, 0.2) is 0 Å². The fourth-order valence-electron chi connectivity index (χ4n) is 1.85. The Balaban J connectivity index is 2.74. The van der Waals surface area contributed by atoms with E-state index in [-0.39, 0.29) is 0 Å². The average molecular weight is 212 g/mol. The van der Waals surface area contributed by atoms with Crippen LogP contribution >= 0.6 is 0 Å². The van der Waals surface area contributed by atoms with Crippen LogP contribution in [0.5, 0.6) is 5.75 Å². The lowest BCUT2D eigenvalue weighted by molar-refractivity contribution is 0.411. The zero-order valence-corrected chi connectivity index (χ0v) is 9.03. The molecule has 2 rings (SSSR count). The van der Waals surface area contributed by atoms with Crippen LogP contribution in [-0.2, 0) is 6.42 Å². The maximum atomic E-state index is 8.82. The molecule has 3 nitrogen and oxygen atoms in total. The van der Waals surface area contributed by atoms with Gasteiger partial charge in [0.05, 0.1) is 19.6 Å². The molecule has 0 fully saturated rings. The molecule has 0 bridgehead atoms. The van der Waals surface area contributed by atoms with Crippen molar-refractivity contribution in [1.82, 2.24) is 0 Å². The number of hydrogen-bond acceptors (Lipinski definition) is 3. The maximum absolute atomic E-state index is 8.82. The second-order valence-corrected chi connectivity index (χ2v) is 3.56. The van der Waals surface area contributed by atoms with Gasteiger partial charge in [-0.2, -0.15) is 5.26 Å². The zero-order valence-electron chi connectivity index (χ0n) is 9.03. The molecule has 2 aromatic carbocycles. The molecule has 0 aliphatic rings. The Hall–Kier alpha value is -2.21. The molecule has 2 N–H and O–H groups in total. The maximum Gasteiger partial charge on any atom is 0.123 e. The van der Waals surface area contributed by atoms with Crippen LogP contribution in [0.1, 0.15) is 5.56 Å². The first-order chi connectivity index (χ1) is 7.76. The third-order valence-corrected chi connectivity index (χ3v) is 2.59. The van der Waals surface area contributed by atoms with Gasteiger partial charge in [-0.25, -0.2) is 0 Å². The van der Waals surface area contributed by atoms with Crippen molar-refractivity contribution in [2.24, 2.45) is 0 Å². The molecule has 0 atom stereocenters. The number of nitrogens with zero attached hydrogens (tertiary/aromatic N) is 1. The predicted octanol–water partition coefficient (Wildman–Crippen LogP) is 2.50. The Morgan fingerprint density at radius 2 is 2.12 bits per heavy atom. The van der Waals surface area contributed by atoms with E-state index in [1.807, 2.05) is 30.3 Å². The van der Waals surface area contributed by atoms with Gasteiger partial charge >= 0.3 is 0 Å². The van der Waals surface area contributed by atoms with Crippen LogP contribution in [0.2, 0.25) is 0 Å². The molecule has 0 aromatic heterocycles. The van der Waals surface area contributed by atoms with E-state index in [2.05, 4.69) is 6.07 Å². The minimum atomic E-state index is 0.338. The van der Waals surface area contributed by atoms with Crippen molar-refractivity contribution in [1.29, 1.82) is 5.26 Å². The van der Waals surface area contributed by atoms with E-state index in [1.54, 1.807) is 7.11 Å². The summed E-state index contributed by atoms with van der Waals surface area (Å²) in [6, 6.07) is 11.6. The van der Waals surface area contributed by atoms with Gasteiger partial charge in [0.25, 0.3) is 0 Å². The smallest absolute Gasteiger partial charge is 0.123 e. The Labute approximate surface area is 94.1 Å². The van der Waals surface area contributed by atoms with E-state index in [0.717, 1.165) is 27.8 Å². The van der Waals surface area contributed by atoms with Crippen LogP contribution in [0.15, 0.2) is 30.3 Å². The van der Waals surface area contributed by atoms with Crippen molar-refractivity contribution >= 4 is 16.5 Å². The molecule has 0 saturated heterocycles. The summed E-state index contributed by atoms with van der Waals surface area (Å²) in [6.45, 7) is 0. The van der Waals surface area contributed by atoms with E-state index in [9.17, 15) is 0 Å². The molecular formula is C13H12N2O. The summed E-state index contributed by atoms with van der Waals surface area (Å²) in [5.74, 6) is 0.749. The highest BCUT2D eigenvalue weighted by atomic mass is 16.5. The van der Waals surface area contributed by atoms with E-state index in [0.29, 0.717) is 6.42 Å². The quantitative estimate of drug-likeness (QED) is 0.778. The topological polar surface area (TPSA) is 59.0 Å². The van der Waals surface area contributed by atoms with Crippen molar-refractivity contribution in [3.63, 3.8) is 0 Å². The minimum absolute atomic E-state index is 0.338. The highest BCUT2D eigenvalue weighted by Crippen LogP contribution is 2.29. The van der Waals surface area contributed by atoms with Crippen LogP contribution in [0.25, 0.3) is 10.8 Å². The van der Waals surface area contributed by atoms with Gasteiger partial charge in [0.1, 0.15) is 5.75 Å². The van der Waals surface area contributed by atoms with Crippen molar-refractivity contribution in [3.05, 3.63) is 35.9 Å². The number of nitrogen functional groups attached to an aromatic ring is 1. The number of anilines is 1. The molecule has 0 amide bonds. The lowest BCUT2D eigenvalue weighted by Crippen LogP contribution is -1.93. The molecule has 0 spiro atoms. The SMILES string of the molecule is COc1ccc2cc(N)ccc2c1CC#N. The largest absolute Gasteiger partial charge is 0.496 e. The van der Waals surface area contributed by atoms with Gasteiger partial charge in [0, 0.05) is 11.3 Å². The van der Waals surface area contributed by atoms with Gasteiger partial charge in [-0.3, -0.25) is 0 Å². The van der Waals surface area contributed by atoms with Gasteiger partial charge in [-0.15, -0.1) is 0 Å². The lowest BCUT2D eigenvalue weighted by Gasteiger charge is -2.09. The number of nitriles is 1. The molecule has 16 heavy (non-hydrogen) atoms. The normalized spacial score (nSPS) is 10.0. The summed E-state index contributed by atoms with van der Waals surface area (Å²) < 4.78 is 5.25. The number of fused-ring (bicyclic) bond motifs is 1. The van der Waals surface area contributed by atoms with Crippen LogP contribution in [0, 0.1) is 11.3 Å². The fourth-order valence-corrected chi connectivity index (χ4v) is 1.85. The van der Waals surface area contributed by atoms with Crippen LogP contribution in [0.4, 0.5) is 5.69 Å². The molecule has 0 aliphatic carbocycles. The summed E-state index contributed by atoms with van der Waals surface area (Å²) in [6.07, 6.45) is 0.338. The molecule has 0 heterocycles. The summed E-state index contributed by atoms with van der Waals surface area (Å²) in [5.41, 5.74) is 7.36. The summed E-state index contributed by atoms with van der Waals surface area (Å²) in [4.78, 5) is 0. The summed E-state index contributed by atoms with van der Waals surface area (Å²) >= 11 is 0. The Kier molecular flexibility index (Phi) is 2.65. The van der Waals surface area contributed by atoms with Gasteiger partial charge in [-0.1, -0.05) is 12.1 Å². The third kappa shape index (κ3) is 1.66. The van der Waals surface area contributed by atoms with E-state index in [4.69, 9.17) is 15.7 Å². The molecule has 80 valence electrons. The Bertz CT molecular complexity index is 570. The van der Waals surface area contributed by atoms with Crippen molar-refractivity contribution < 1.29 is 4.74 Å². The molecule has 3 heteroatoms. The second kappa shape index (κ2) is 4.11. The monoisotopic (exact) mass is 212 g/mol. The molecule has 0 saturated carbocycles. The average Bonchev–Trinajstić information content (AvgIpc) is 2.29. The number of nitrogens with two attached hydrogens (primary N) is 1. The molecular weight excluding hydrogens is 200 g/mol. The van der Waals surface area contributed by atoms with Crippen molar-refractivity contribution in [2.75, 3.05) is 12.8 Å². The first kappa shape index (κ1) is 10.3. The number of methoxy groups -OCH3 is 1. The number of hydrogen-bond donors (Lipinski definition) is 1. The third-order valence-electron chi connectivity index (χ3n) is 2.59. The van der Waals surface area contributed by atoms with Crippen molar-refractivity contribution in [2.45, 2.75) is 6.42 Å². The number of benzene rings is 2. The van der Waals surface area contributed by atoms with E-state index < -0.39 is 0 Å². The molecule has 0 unspecified atom stereocenters. The Morgan fingerprint density at radius 3 is 2.81 bits per heavy atom. The van der Waals surface area contributed by atoms with E-state index >= 15 is 0 Å². The summed E-state index contributed by atoms with van der Waals surface area (Å²) in [5, 5.41) is 10.9. The van der Waals surface area contributed by atoms with E-state index in [1.165, 1.54) is 0 Å². The van der Waals surface area contributed by atoms with Crippen molar-refractivity contribution in [3.8, 4) is 11.8 Å². The molecule has 2 aromatic rings. The predicted molar refractivity (Wildman–Crippen MR) is 64.2 cm³/mol.